The van der Waals surface area contributed by atoms with Crippen molar-refractivity contribution >= 4 is 75.2 Å². The van der Waals surface area contributed by atoms with Gasteiger partial charge in [-0.2, -0.15) is 10.1 Å². The van der Waals surface area contributed by atoms with E-state index in [4.69, 9.17) is 88.3 Å². The second-order valence-corrected chi connectivity index (χ2v) is 33.4. The number of carbonyl (C=O) groups is 7. The van der Waals surface area contributed by atoms with E-state index < -0.39 is 120 Å². The monoisotopic (exact) mass is 1760 g/mol. The van der Waals surface area contributed by atoms with Crippen molar-refractivity contribution in [2.75, 3.05) is 151 Å². The maximum Gasteiger partial charge on any atom is 0.407 e. The number of anilines is 2. The number of oxazole rings is 1. The lowest BCUT2D eigenvalue weighted by Gasteiger charge is -2.42. The van der Waals surface area contributed by atoms with Gasteiger partial charge in [0.25, 0.3) is 17.7 Å². The molecule has 2 aromatic carbocycles. The van der Waals surface area contributed by atoms with E-state index in [2.05, 4.69) is 38.5 Å². The Morgan fingerprint density at radius 3 is 2.06 bits per heavy atom. The summed E-state index contributed by atoms with van der Waals surface area (Å²) in [6, 6.07) is 9.66. The highest BCUT2D eigenvalue weighted by atomic mass is 16.6. The van der Waals surface area contributed by atoms with Crippen LogP contribution in [-0.4, -0.2) is 291 Å². The maximum absolute atomic E-state index is 14.7. The van der Waals surface area contributed by atoms with Crippen LogP contribution < -0.4 is 22.5 Å². The summed E-state index contributed by atoms with van der Waals surface area (Å²) in [4.78, 5) is 114. The number of alkyl carbamates (subject to hydrolysis) is 1. The van der Waals surface area contributed by atoms with E-state index in [0.717, 1.165) is 33.6 Å². The first-order valence-electron chi connectivity index (χ1n) is 44.2. The minimum Gasteiger partial charge on any atom is -0.459 e. The SMILES string of the molecule is CO[C@H]1C[C@@H]2CC[C@@H](C)[C@@](O)(O2)C(=O)C(=O)N2CCCC[C@H]2C(=O)O[C@H]([C@H](N)C[C@@H]2CC[C@@H](OC(=O)NCCOCCOCCOCCOCCOCCOCCOCCOCCC(=O)N3CCc4cc(Cn5nc(-c6ccc7oc(N)nc7c6)c6c(N)ncnc65)ccc4C3)[C@H](OC)C2)CC(=O)[C@H](C)/C=C(\C)[C@@H](O)[C@@H](O)C(=O)[C@H](C)C[C@H](C)/C=C/C=C/C=C/1C. The Bertz CT molecular complexity index is 4500. The molecule has 0 spiro atoms. The van der Waals surface area contributed by atoms with Crippen LogP contribution in [-0.2, 0) is 110 Å². The van der Waals surface area contributed by atoms with Gasteiger partial charge in [-0.15, -0.1) is 0 Å². The number of nitrogens with one attached hydrogen (secondary N) is 1. The quantitative estimate of drug-likeness (QED) is 0.00900. The number of benzene rings is 2. The van der Waals surface area contributed by atoms with Crippen LogP contribution in [0.5, 0.6) is 0 Å². The number of carbonyl (C=O) groups excluding carboxylic acids is 7. The number of piperidine rings is 1. The lowest BCUT2D eigenvalue weighted by molar-refractivity contribution is -0.265. The van der Waals surface area contributed by atoms with Crippen LogP contribution in [0.1, 0.15) is 142 Å². The third-order valence-electron chi connectivity index (χ3n) is 24.0. The van der Waals surface area contributed by atoms with E-state index in [-0.39, 0.29) is 81.3 Å². The molecule has 3 amide bonds. The van der Waals surface area contributed by atoms with Gasteiger partial charge in [0.15, 0.2) is 17.0 Å². The van der Waals surface area contributed by atoms with Crippen LogP contribution in [0.3, 0.4) is 0 Å². The van der Waals surface area contributed by atoms with Crippen molar-refractivity contribution in [1.29, 1.82) is 0 Å². The third-order valence-corrected chi connectivity index (χ3v) is 24.0. The van der Waals surface area contributed by atoms with Gasteiger partial charge in [-0.3, -0.25) is 24.0 Å². The number of nitrogens with two attached hydrogens (primary N) is 3. The number of hydrogen-bond donors (Lipinski definition) is 7. The number of cyclic esters (lactones) is 1. The number of rotatable bonds is 36. The normalized spacial score (nSPS) is 27.1. The summed E-state index contributed by atoms with van der Waals surface area (Å²) < 4.78 is 82.3. The number of hydrogen-bond acceptors (Lipinski definition) is 31. The van der Waals surface area contributed by atoms with Gasteiger partial charge in [-0.1, -0.05) is 82.4 Å². The topological polar surface area (TPSA) is 466 Å². The van der Waals surface area contributed by atoms with E-state index in [1.807, 2.05) is 65.9 Å². The fourth-order valence-corrected chi connectivity index (χ4v) is 16.7. The van der Waals surface area contributed by atoms with Crippen LogP contribution in [0.25, 0.3) is 33.4 Å². The summed E-state index contributed by atoms with van der Waals surface area (Å²) in [5, 5.41) is 42.9. The molecule has 0 unspecified atom stereocenters. The molecule has 126 heavy (non-hydrogen) atoms. The molecule has 4 aliphatic heterocycles. The molecular formula is C91H131N11O24. The van der Waals surface area contributed by atoms with Crippen LogP contribution in [0.2, 0.25) is 0 Å². The molecule has 15 atom stereocenters. The van der Waals surface area contributed by atoms with Crippen LogP contribution in [0.15, 0.2) is 94.7 Å². The third kappa shape index (κ3) is 28.8. The number of nitrogen functional groups attached to an aromatic ring is 2. The van der Waals surface area contributed by atoms with E-state index >= 15 is 0 Å². The molecule has 1 aliphatic carbocycles. The Kier molecular flexibility index (Phi) is 39.5. The average molecular weight is 1760 g/mol. The number of ketones is 3. The zero-order valence-electron chi connectivity index (χ0n) is 74.1. The van der Waals surface area contributed by atoms with E-state index in [1.54, 1.807) is 33.9 Å². The molecular weight excluding hydrogens is 1630 g/mol. The lowest BCUT2D eigenvalue weighted by Crippen LogP contribution is -2.61. The highest BCUT2D eigenvalue weighted by Gasteiger charge is 2.53. The molecule has 2 saturated heterocycles. The summed E-state index contributed by atoms with van der Waals surface area (Å²) in [5.41, 5.74) is 26.7. The first-order valence-corrected chi connectivity index (χ1v) is 44.2. The highest BCUT2D eigenvalue weighted by Crippen LogP contribution is 2.39. The van der Waals surface area contributed by atoms with Gasteiger partial charge < -0.3 is 114 Å². The van der Waals surface area contributed by atoms with Gasteiger partial charge in [-0.25, -0.2) is 24.2 Å². The van der Waals surface area contributed by atoms with Crippen molar-refractivity contribution in [3.8, 4) is 11.3 Å². The zero-order valence-corrected chi connectivity index (χ0v) is 74.1. The molecule has 3 aromatic heterocycles. The minimum atomic E-state index is -2.51. The van der Waals surface area contributed by atoms with Gasteiger partial charge >= 0.3 is 12.1 Å². The number of aromatic nitrogens is 5. The van der Waals surface area contributed by atoms with E-state index in [0.29, 0.717) is 197 Å². The largest absolute Gasteiger partial charge is 0.459 e. The number of ether oxygens (including phenoxy) is 13. The fraction of sp³-hybridized carbons (Fsp3) is 0.637. The van der Waals surface area contributed by atoms with Gasteiger partial charge in [0, 0.05) is 82.6 Å². The van der Waals surface area contributed by atoms with Crippen molar-refractivity contribution in [2.45, 2.75) is 205 Å². The Balaban J connectivity index is 0.548. The fourth-order valence-electron chi connectivity index (χ4n) is 16.7. The lowest BCUT2D eigenvalue weighted by atomic mass is 9.80. The molecule has 5 aliphatic rings. The number of methoxy groups -OCH3 is 2. The molecule has 5 aromatic rings. The molecule has 7 heterocycles. The number of esters is 1. The number of amides is 3. The molecule has 35 heteroatoms. The Labute approximate surface area is 736 Å². The second kappa shape index (κ2) is 50.2. The maximum atomic E-state index is 14.7. The highest BCUT2D eigenvalue weighted by molar-refractivity contribution is 6.39. The number of fused-ring (bicyclic) bond motifs is 6. The van der Waals surface area contributed by atoms with Crippen molar-refractivity contribution in [3.63, 3.8) is 0 Å². The Morgan fingerprint density at radius 2 is 1.38 bits per heavy atom. The van der Waals surface area contributed by atoms with Crippen LogP contribution in [0.4, 0.5) is 16.6 Å². The summed E-state index contributed by atoms with van der Waals surface area (Å²) in [6.07, 6.45) is 9.20. The molecule has 694 valence electrons. The number of aliphatic hydroxyl groups is 3. The first kappa shape index (κ1) is 99.3. The van der Waals surface area contributed by atoms with Crippen molar-refractivity contribution in [1.82, 2.24) is 39.8 Å². The zero-order chi connectivity index (χ0) is 90.2. The van der Waals surface area contributed by atoms with Gasteiger partial charge in [-0.05, 0) is 142 Å². The number of nitrogens with zero attached hydrogens (tertiary/aromatic N) is 7. The predicted molar refractivity (Wildman–Crippen MR) is 464 cm³/mol. The molecule has 0 radical (unpaired) electrons. The number of allylic oxidation sites excluding steroid dienone is 6. The summed E-state index contributed by atoms with van der Waals surface area (Å²) in [6.45, 7) is 17.7. The second-order valence-electron chi connectivity index (χ2n) is 33.4. The van der Waals surface area contributed by atoms with Gasteiger partial charge in [0.2, 0.25) is 11.7 Å². The Hall–Kier alpha value is -8.89. The Morgan fingerprint density at radius 1 is 0.706 bits per heavy atom. The average Bonchev–Trinajstić information content (AvgIpc) is 1.46. The summed E-state index contributed by atoms with van der Waals surface area (Å²) in [7, 11) is 3.06. The van der Waals surface area contributed by atoms with Gasteiger partial charge in [0.1, 0.15) is 59.6 Å². The van der Waals surface area contributed by atoms with E-state index in [9.17, 15) is 48.9 Å². The molecule has 1 saturated carbocycles. The van der Waals surface area contributed by atoms with E-state index in [1.165, 1.54) is 32.0 Å². The van der Waals surface area contributed by atoms with Crippen LogP contribution >= 0.6 is 0 Å². The molecule has 35 nitrogen and oxygen atoms in total. The molecule has 2 bridgehead atoms. The molecule has 3 fully saturated rings. The summed E-state index contributed by atoms with van der Waals surface area (Å²) in [5.74, 6) is -8.95. The number of aliphatic hydroxyl groups excluding tert-OH is 2. The van der Waals surface area contributed by atoms with Crippen molar-refractivity contribution < 1.29 is 115 Å². The first-order chi connectivity index (χ1) is 60.7. The standard InChI is InChI=1S/C91H131N11O24/c1-57-14-10-9-11-15-58(2)75(113-7)52-68-22-17-62(6)91(112,126-68)84(108)87(109)101-28-13-12-16-71(101)88(110)123-76(53-72(103)59(3)47-61(5)82(106)83(107)81(105)60(4)46-57)69(92)49-63-19-23-74(77(50-63)114-8)125-90(111)95-27-31-116-33-35-118-37-39-120-41-43-122-45-44-121-42-40-119-38-36-117-34-32-115-30-26-78(104)100-29-25-65-48-64(18-20-67(65)55-100)54-102-86-79(85(93)96-56-97-86)80(99-102)66-21-24-73-70(51-66)98-89(94)124-73/h9-11,14-15,18,20-21,24,47-48,51,56-57,59-60,62-63,68-69,71,74-77,82-83,106-107,112H,12-13,16-17,19,22-23,25-46,49-50,52-55,92H2,1-8H3,(H2,94,98)(H,95,111)(H2,93,96,97)/b11-9+,14-10+,58-15+,61-47+/t57-,59-,60-,62-,63+,68+,69-,71+,74-,75+,76+,77-,82-,83+,91-/m1/s1. The molecule has 10 rings (SSSR count). The smallest absolute Gasteiger partial charge is 0.407 e. The van der Waals surface area contributed by atoms with Gasteiger partial charge in [0.05, 0.1) is 142 Å². The van der Waals surface area contributed by atoms with Crippen LogP contribution in [0, 0.1) is 29.6 Å². The minimum absolute atomic E-state index is 0.00250. The summed E-state index contributed by atoms with van der Waals surface area (Å²) >= 11 is 0. The van der Waals surface area contributed by atoms with Crippen molar-refractivity contribution in [2.24, 2.45) is 35.3 Å². The predicted octanol–water partition coefficient (Wildman–Crippen LogP) is 7.22. The molecule has 10 N–H and O–H groups in total. The van der Waals surface area contributed by atoms with Crippen molar-refractivity contribution in [3.05, 3.63) is 107 Å². The number of Topliss-reactive ketones (excluding diaryl/α,β-unsaturated/α-hetero) is 3.